The van der Waals surface area contributed by atoms with Gasteiger partial charge in [-0.25, -0.2) is 0 Å². The molecule has 0 radical (unpaired) electrons. The van der Waals surface area contributed by atoms with E-state index in [9.17, 15) is 19.8 Å². The van der Waals surface area contributed by atoms with Crippen LogP contribution in [0.1, 0.15) is 62.0 Å². The maximum atomic E-state index is 14.3. The van der Waals surface area contributed by atoms with Gasteiger partial charge in [0.15, 0.2) is 0 Å². The van der Waals surface area contributed by atoms with Crippen LogP contribution in [0.15, 0.2) is 91.0 Å². The topological polar surface area (TPSA) is 133 Å². The Bertz CT molecular complexity index is 2110. The van der Waals surface area contributed by atoms with Gasteiger partial charge in [-0.2, -0.15) is 5.06 Å². The predicted molar refractivity (Wildman–Crippen MR) is 229 cm³/mol. The molecule has 0 unspecified atom stereocenters. The molecule has 4 fully saturated rings. The van der Waals surface area contributed by atoms with Crippen molar-refractivity contribution in [2.75, 3.05) is 39.3 Å². The lowest BCUT2D eigenvalue weighted by Crippen LogP contribution is -2.62. The molecule has 2 bridgehead atoms. The Morgan fingerprint density at radius 1 is 0.983 bits per heavy atom. The first-order valence-electron chi connectivity index (χ1n) is 20.9. The second kappa shape index (κ2) is 17.7. The van der Waals surface area contributed by atoms with E-state index in [1.165, 1.54) is 6.42 Å². The van der Waals surface area contributed by atoms with Crippen molar-refractivity contribution < 1.29 is 34.1 Å². The first kappa shape index (κ1) is 42.2. The molecule has 59 heavy (non-hydrogen) atoms. The summed E-state index contributed by atoms with van der Waals surface area (Å²) in [7, 11) is 5.47. The fourth-order valence-electron chi connectivity index (χ4n) is 9.82. The molecule has 4 N–H and O–H groups in total. The number of carbonyl (C=O) groups excluding carboxylic acids is 2. The summed E-state index contributed by atoms with van der Waals surface area (Å²) in [6, 6.07) is 28.2. The van der Waals surface area contributed by atoms with Crippen molar-refractivity contribution in [1.29, 1.82) is 0 Å². The molecule has 8 atom stereocenters. The van der Waals surface area contributed by atoms with Gasteiger partial charge in [-0.05, 0) is 96.9 Å². The molecule has 3 saturated carbocycles. The number of hydrogen-bond acceptors (Lipinski definition) is 9. The van der Waals surface area contributed by atoms with Gasteiger partial charge in [-0.15, -0.1) is 0 Å². The van der Waals surface area contributed by atoms with Crippen molar-refractivity contribution in [1.82, 2.24) is 15.7 Å². The normalized spacial score (nSPS) is 25.1. The summed E-state index contributed by atoms with van der Waals surface area (Å²) in [5, 5.41) is 29.4. The summed E-state index contributed by atoms with van der Waals surface area (Å²) in [6.07, 6.45) is 1.02. The van der Waals surface area contributed by atoms with Gasteiger partial charge in [0, 0.05) is 55.0 Å². The van der Waals surface area contributed by atoms with Crippen molar-refractivity contribution in [3.63, 3.8) is 0 Å². The minimum absolute atomic E-state index is 0.0293. The van der Waals surface area contributed by atoms with Crippen LogP contribution in [-0.4, -0.2) is 85.7 Å². The number of rotatable bonds is 15. The SMILES string of the molecule is COc1c(CN2O[C@@H](CO)[C@@H]([C@H](C)O)[C@H]2C(=O)N[C@H]2C[C@H]3C[C@H]([C@@H]2C)C3(C)C)cccc1-c1cc(C(=O)NCCc2ccccc2Oc2ccccc2)cc(N(C)C)c1. The maximum absolute atomic E-state index is 14.3. The van der Waals surface area contributed by atoms with Gasteiger partial charge < -0.3 is 35.2 Å². The van der Waals surface area contributed by atoms with Gasteiger partial charge in [0.1, 0.15) is 29.4 Å². The summed E-state index contributed by atoms with van der Waals surface area (Å²) < 4.78 is 12.2. The van der Waals surface area contributed by atoms with Crippen LogP contribution in [0.5, 0.6) is 17.2 Å². The fourth-order valence-corrected chi connectivity index (χ4v) is 9.82. The number of nitrogens with one attached hydrogen (secondary N) is 2. The summed E-state index contributed by atoms with van der Waals surface area (Å²) in [5.74, 6) is 2.43. The monoisotopic (exact) mass is 804 g/mol. The number of ether oxygens (including phenoxy) is 2. The number of benzene rings is 4. The highest BCUT2D eigenvalue weighted by atomic mass is 16.7. The van der Waals surface area contributed by atoms with E-state index in [2.05, 4.69) is 31.4 Å². The Morgan fingerprint density at radius 3 is 2.39 bits per heavy atom. The van der Waals surface area contributed by atoms with E-state index in [0.717, 1.165) is 45.9 Å². The van der Waals surface area contributed by atoms with Gasteiger partial charge in [0.05, 0.1) is 26.4 Å². The molecule has 1 saturated heterocycles. The molecule has 1 heterocycles. The number of methoxy groups -OCH3 is 1. The summed E-state index contributed by atoms with van der Waals surface area (Å²) in [4.78, 5) is 36.3. The number of para-hydroxylation sites is 3. The molecular formula is C48H60N4O7. The number of amides is 2. The smallest absolute Gasteiger partial charge is 0.251 e. The number of hydrogen-bond donors (Lipinski definition) is 4. The van der Waals surface area contributed by atoms with E-state index in [-0.39, 0.29) is 36.4 Å². The first-order valence-corrected chi connectivity index (χ1v) is 20.9. The van der Waals surface area contributed by atoms with E-state index in [0.29, 0.717) is 42.0 Å². The summed E-state index contributed by atoms with van der Waals surface area (Å²) >= 11 is 0. The van der Waals surface area contributed by atoms with Crippen LogP contribution < -0.4 is 25.0 Å². The molecule has 314 valence electrons. The number of hydroxylamine groups is 2. The van der Waals surface area contributed by atoms with Gasteiger partial charge in [0.25, 0.3) is 5.91 Å². The Hall–Kier alpha value is -4.94. The summed E-state index contributed by atoms with van der Waals surface area (Å²) in [6.45, 7) is 8.76. The van der Waals surface area contributed by atoms with E-state index in [4.69, 9.17) is 14.3 Å². The maximum Gasteiger partial charge on any atom is 0.251 e. The van der Waals surface area contributed by atoms with Gasteiger partial charge in [0.2, 0.25) is 5.91 Å². The van der Waals surface area contributed by atoms with Crippen molar-refractivity contribution in [2.45, 2.75) is 77.8 Å². The van der Waals surface area contributed by atoms with E-state index in [1.54, 1.807) is 19.1 Å². The fraction of sp³-hybridized carbons (Fsp3) is 0.458. The van der Waals surface area contributed by atoms with Crippen LogP contribution in [0.4, 0.5) is 5.69 Å². The number of carbonyl (C=O) groups is 2. The molecule has 4 aromatic rings. The number of aliphatic hydroxyl groups excluding tert-OH is 2. The number of aliphatic hydroxyl groups is 2. The van der Waals surface area contributed by atoms with Crippen LogP contribution in [-0.2, 0) is 22.6 Å². The molecule has 2 amide bonds. The van der Waals surface area contributed by atoms with Crippen LogP contribution in [0.25, 0.3) is 11.1 Å². The lowest BCUT2D eigenvalue weighted by molar-refractivity contribution is -0.183. The zero-order valence-electron chi connectivity index (χ0n) is 35.4. The third-order valence-electron chi connectivity index (χ3n) is 13.3. The minimum Gasteiger partial charge on any atom is -0.496 e. The van der Waals surface area contributed by atoms with Crippen LogP contribution >= 0.6 is 0 Å². The molecule has 4 aliphatic rings. The molecule has 0 spiro atoms. The lowest BCUT2D eigenvalue weighted by Gasteiger charge is -2.62. The van der Waals surface area contributed by atoms with Crippen molar-refractivity contribution >= 4 is 17.5 Å². The van der Waals surface area contributed by atoms with Crippen molar-refractivity contribution in [3.05, 3.63) is 108 Å². The quantitative estimate of drug-likeness (QED) is 0.102. The van der Waals surface area contributed by atoms with Crippen molar-refractivity contribution in [2.24, 2.45) is 29.1 Å². The third kappa shape index (κ3) is 8.71. The van der Waals surface area contributed by atoms with E-state index >= 15 is 0 Å². The highest BCUT2D eigenvalue weighted by Crippen LogP contribution is 2.61. The lowest BCUT2D eigenvalue weighted by atomic mass is 9.45. The molecule has 8 rings (SSSR count). The standard InChI is InChI=1S/C48H60N4O7/c1-29-39-25-35(48(39,3)4)26-40(29)50-47(56)44-43(30(2)54)42(28-53)59-52(44)27-32-15-13-18-38(45(32)57-7)33-22-34(24-36(23-33)51(5)6)46(55)49-21-20-31-14-11-12-19-41(31)58-37-16-9-8-10-17-37/h8-19,22-24,29-30,35,39-40,42-44,53-54H,20-21,25-28H2,1-7H3,(H,49,55)(H,50,56)/t29-,30-,35+,39+,40-,42-,43+,44-/m0/s1. The Kier molecular flexibility index (Phi) is 12.7. The molecule has 11 nitrogen and oxygen atoms in total. The Labute approximate surface area is 348 Å². The second-order valence-electron chi connectivity index (χ2n) is 17.4. The summed E-state index contributed by atoms with van der Waals surface area (Å²) in [5.41, 5.74) is 4.88. The van der Waals surface area contributed by atoms with E-state index < -0.39 is 24.2 Å². The number of nitrogens with zero attached hydrogens (tertiary/aromatic N) is 2. The average molecular weight is 805 g/mol. The molecular weight excluding hydrogens is 745 g/mol. The van der Waals surface area contributed by atoms with Crippen LogP contribution in [0.3, 0.4) is 0 Å². The molecule has 3 aliphatic carbocycles. The average Bonchev–Trinajstić information content (AvgIpc) is 3.60. The Balaban J connectivity index is 1.11. The molecule has 0 aromatic heterocycles. The van der Waals surface area contributed by atoms with E-state index in [1.807, 2.05) is 110 Å². The molecule has 11 heteroatoms. The zero-order chi connectivity index (χ0) is 42.0. The van der Waals surface area contributed by atoms with Gasteiger partial charge in [-0.3, -0.25) is 14.4 Å². The van der Waals surface area contributed by atoms with Crippen LogP contribution in [0, 0.1) is 29.1 Å². The zero-order valence-corrected chi connectivity index (χ0v) is 35.4. The highest BCUT2D eigenvalue weighted by molar-refractivity contribution is 5.97. The molecule has 1 aliphatic heterocycles. The second-order valence-corrected chi connectivity index (χ2v) is 17.4. The first-order chi connectivity index (χ1) is 28.3. The minimum atomic E-state index is -0.909. The number of fused-ring (bicyclic) bond motifs is 2. The van der Waals surface area contributed by atoms with Gasteiger partial charge in [-0.1, -0.05) is 75.4 Å². The van der Waals surface area contributed by atoms with Gasteiger partial charge >= 0.3 is 0 Å². The number of anilines is 1. The third-order valence-corrected chi connectivity index (χ3v) is 13.3. The van der Waals surface area contributed by atoms with Crippen LogP contribution in [0.2, 0.25) is 0 Å². The highest BCUT2D eigenvalue weighted by Gasteiger charge is 2.57. The Morgan fingerprint density at radius 2 is 1.71 bits per heavy atom. The van der Waals surface area contributed by atoms with Crippen molar-refractivity contribution in [3.8, 4) is 28.4 Å². The predicted octanol–water partition coefficient (Wildman–Crippen LogP) is 6.85. The largest absolute Gasteiger partial charge is 0.496 e. The molecule has 4 aromatic carbocycles.